The van der Waals surface area contributed by atoms with Crippen LogP contribution < -0.4 is 15.4 Å². The fourth-order valence-electron chi connectivity index (χ4n) is 4.16. The van der Waals surface area contributed by atoms with Crippen molar-refractivity contribution in [3.8, 4) is 22.8 Å². The molecule has 0 radical (unpaired) electrons. The zero-order chi connectivity index (χ0) is 28.5. The number of rotatable bonds is 9. The number of phenolic OH excluding ortho intramolecular Hbond substituents is 1. The number of benzene rings is 3. The molecule has 206 valence electrons. The monoisotopic (exact) mass is 537 g/mol. The summed E-state index contributed by atoms with van der Waals surface area (Å²) in [6.45, 7) is 8.27. The minimum absolute atomic E-state index is 0.168. The van der Waals surface area contributed by atoms with E-state index in [0.717, 1.165) is 29.0 Å². The molecule has 2 heterocycles. The molecular formula is C32H35N5O3. The molecular weight excluding hydrogens is 502 g/mol. The molecule has 0 bridgehead atoms. The zero-order valence-electron chi connectivity index (χ0n) is 23.3. The molecule has 1 amide bonds. The van der Waals surface area contributed by atoms with E-state index in [0.29, 0.717) is 29.2 Å². The molecule has 0 saturated carbocycles. The highest BCUT2D eigenvalue weighted by Crippen LogP contribution is 2.30. The summed E-state index contributed by atoms with van der Waals surface area (Å²) in [6.07, 6.45) is 1.95. The highest BCUT2D eigenvalue weighted by molar-refractivity contribution is 5.94. The van der Waals surface area contributed by atoms with E-state index in [-0.39, 0.29) is 11.7 Å². The van der Waals surface area contributed by atoms with Crippen molar-refractivity contribution in [3.63, 3.8) is 0 Å². The second kappa shape index (κ2) is 13.3. The predicted octanol–water partition coefficient (Wildman–Crippen LogP) is 6.71. The number of fused-ring (bicyclic) bond motifs is 1. The van der Waals surface area contributed by atoms with Crippen LogP contribution in [0.1, 0.15) is 38.8 Å². The second-order valence-corrected chi connectivity index (χ2v) is 8.92. The van der Waals surface area contributed by atoms with Crippen LogP contribution in [-0.4, -0.2) is 31.7 Å². The molecule has 1 unspecified atom stereocenters. The number of carbonyl (C=O) groups excluding carboxylic acids is 1. The number of nitrogens with one attached hydrogen (secondary N) is 2. The normalized spacial score (nSPS) is 11.3. The van der Waals surface area contributed by atoms with Crippen LogP contribution in [0.5, 0.6) is 11.5 Å². The van der Waals surface area contributed by atoms with Crippen LogP contribution in [0.3, 0.4) is 0 Å². The lowest BCUT2D eigenvalue weighted by molar-refractivity contribution is -0.122. The molecule has 0 aliphatic rings. The predicted molar refractivity (Wildman–Crippen MR) is 160 cm³/mol. The molecule has 5 rings (SSSR count). The molecule has 0 saturated heterocycles. The molecule has 0 fully saturated rings. The third-order valence-corrected chi connectivity index (χ3v) is 6.20. The number of phenols is 1. The molecule has 40 heavy (non-hydrogen) atoms. The lowest BCUT2D eigenvalue weighted by Crippen LogP contribution is -2.30. The van der Waals surface area contributed by atoms with Crippen LogP contribution in [-0.2, 0) is 17.8 Å². The summed E-state index contributed by atoms with van der Waals surface area (Å²) in [4.78, 5) is 17.5. The van der Waals surface area contributed by atoms with Crippen LogP contribution >= 0.6 is 0 Å². The Hall–Kier alpha value is -4.85. The summed E-state index contributed by atoms with van der Waals surface area (Å²) in [5, 5.41) is 21.3. The van der Waals surface area contributed by atoms with Gasteiger partial charge in [0.05, 0.1) is 11.9 Å². The van der Waals surface area contributed by atoms with Gasteiger partial charge in [-0.3, -0.25) is 4.79 Å². The van der Waals surface area contributed by atoms with E-state index in [2.05, 4.69) is 22.7 Å². The van der Waals surface area contributed by atoms with Gasteiger partial charge in [0.2, 0.25) is 0 Å². The molecule has 1 atom stereocenters. The molecule has 0 spiro atoms. The van der Waals surface area contributed by atoms with Crippen molar-refractivity contribution in [2.24, 2.45) is 0 Å². The zero-order valence-corrected chi connectivity index (χ0v) is 23.3. The first-order valence-electron chi connectivity index (χ1n) is 13.5. The SMILES string of the molecule is CC.CCc1cnn2c(NCc3cccc(NC(=O)C(C)Oc4ccccc4)c3)cc(-c3ccccc3O)nc12. The molecule has 5 aromatic rings. The van der Waals surface area contributed by atoms with E-state index in [1.807, 2.05) is 92.8 Å². The second-order valence-electron chi connectivity index (χ2n) is 8.92. The summed E-state index contributed by atoms with van der Waals surface area (Å²) in [7, 11) is 0. The quantitative estimate of drug-likeness (QED) is 0.193. The maximum absolute atomic E-state index is 12.7. The number of hydrogen-bond acceptors (Lipinski definition) is 6. The summed E-state index contributed by atoms with van der Waals surface area (Å²) < 4.78 is 7.51. The standard InChI is InChI=1S/C30H29N5O3.C2H6/c1-3-22-19-32-35-28(17-26(34-29(22)35)25-14-7-8-15-27(25)36)31-18-21-10-9-11-23(16-21)33-30(37)20(2)38-24-12-5-4-6-13-24;1-2/h4-17,19-20,31,36H,3,18H2,1-2H3,(H,33,37);1-2H3. The van der Waals surface area contributed by atoms with Gasteiger partial charge in [-0.15, -0.1) is 0 Å². The van der Waals surface area contributed by atoms with Gasteiger partial charge in [0, 0.05) is 29.4 Å². The van der Waals surface area contributed by atoms with E-state index < -0.39 is 6.10 Å². The number of hydrogen-bond donors (Lipinski definition) is 3. The van der Waals surface area contributed by atoms with Gasteiger partial charge in [-0.05, 0) is 55.3 Å². The van der Waals surface area contributed by atoms with Crippen molar-refractivity contribution in [1.29, 1.82) is 0 Å². The Morgan fingerprint density at radius 3 is 2.50 bits per heavy atom. The van der Waals surface area contributed by atoms with Crippen LogP contribution in [0.25, 0.3) is 16.9 Å². The largest absolute Gasteiger partial charge is 0.507 e. The van der Waals surface area contributed by atoms with Gasteiger partial charge < -0.3 is 20.5 Å². The number of aryl methyl sites for hydroxylation is 1. The fourth-order valence-corrected chi connectivity index (χ4v) is 4.16. The van der Waals surface area contributed by atoms with E-state index in [9.17, 15) is 9.90 Å². The first-order valence-corrected chi connectivity index (χ1v) is 13.5. The Labute approximate surface area is 234 Å². The summed E-state index contributed by atoms with van der Waals surface area (Å²) in [6, 6.07) is 25.9. The average Bonchev–Trinajstić information content (AvgIpc) is 3.41. The highest BCUT2D eigenvalue weighted by Gasteiger charge is 2.16. The Morgan fingerprint density at radius 2 is 1.75 bits per heavy atom. The van der Waals surface area contributed by atoms with Gasteiger partial charge in [0.1, 0.15) is 17.3 Å². The first-order chi connectivity index (χ1) is 19.5. The molecule has 0 aliphatic carbocycles. The van der Waals surface area contributed by atoms with Crippen molar-refractivity contribution in [3.05, 3.63) is 102 Å². The Bertz CT molecular complexity index is 1570. The smallest absolute Gasteiger partial charge is 0.265 e. The Morgan fingerprint density at radius 1 is 1.00 bits per heavy atom. The van der Waals surface area contributed by atoms with Gasteiger partial charge >= 0.3 is 0 Å². The number of aromatic hydroxyl groups is 1. The first kappa shape index (κ1) is 28.2. The number of nitrogens with zero attached hydrogens (tertiary/aromatic N) is 3. The maximum atomic E-state index is 12.7. The van der Waals surface area contributed by atoms with E-state index in [1.165, 1.54) is 0 Å². The number of carbonyl (C=O) groups is 1. The summed E-state index contributed by atoms with van der Waals surface area (Å²) in [5.41, 5.74) is 4.71. The van der Waals surface area contributed by atoms with Gasteiger partial charge in [0.25, 0.3) is 5.91 Å². The van der Waals surface area contributed by atoms with Crippen molar-refractivity contribution >= 4 is 23.1 Å². The highest BCUT2D eigenvalue weighted by atomic mass is 16.5. The molecule has 8 nitrogen and oxygen atoms in total. The van der Waals surface area contributed by atoms with Crippen molar-refractivity contribution in [2.45, 2.75) is 46.8 Å². The Balaban J connectivity index is 0.00000181. The number of para-hydroxylation sites is 2. The summed E-state index contributed by atoms with van der Waals surface area (Å²) in [5.74, 6) is 1.32. The lowest BCUT2D eigenvalue weighted by atomic mass is 10.1. The lowest BCUT2D eigenvalue weighted by Gasteiger charge is -2.15. The molecule has 3 N–H and O–H groups in total. The van der Waals surface area contributed by atoms with E-state index in [4.69, 9.17) is 9.72 Å². The number of aromatic nitrogens is 3. The number of ether oxygens (including phenoxy) is 1. The van der Waals surface area contributed by atoms with Crippen molar-refractivity contribution in [2.75, 3.05) is 10.6 Å². The van der Waals surface area contributed by atoms with Crippen LogP contribution in [0, 0.1) is 0 Å². The van der Waals surface area contributed by atoms with E-state index >= 15 is 0 Å². The minimum atomic E-state index is -0.648. The summed E-state index contributed by atoms with van der Waals surface area (Å²) >= 11 is 0. The third kappa shape index (κ3) is 6.58. The molecule has 8 heteroatoms. The molecule has 0 aliphatic heterocycles. The maximum Gasteiger partial charge on any atom is 0.265 e. The van der Waals surface area contributed by atoms with Gasteiger partial charge in [0.15, 0.2) is 11.8 Å². The van der Waals surface area contributed by atoms with Gasteiger partial charge in [-0.1, -0.05) is 63.2 Å². The van der Waals surface area contributed by atoms with E-state index in [1.54, 1.807) is 23.6 Å². The van der Waals surface area contributed by atoms with Crippen LogP contribution in [0.4, 0.5) is 11.5 Å². The number of anilines is 2. The van der Waals surface area contributed by atoms with Crippen molar-refractivity contribution < 1.29 is 14.6 Å². The van der Waals surface area contributed by atoms with Crippen LogP contribution in [0.2, 0.25) is 0 Å². The number of amides is 1. The molecule has 2 aromatic heterocycles. The minimum Gasteiger partial charge on any atom is -0.507 e. The van der Waals surface area contributed by atoms with Crippen LogP contribution in [0.15, 0.2) is 91.1 Å². The molecule has 3 aromatic carbocycles. The average molecular weight is 538 g/mol. The van der Waals surface area contributed by atoms with Gasteiger partial charge in [-0.25, -0.2) is 4.98 Å². The van der Waals surface area contributed by atoms with Crippen molar-refractivity contribution in [1.82, 2.24) is 14.6 Å². The third-order valence-electron chi connectivity index (χ3n) is 6.20. The van der Waals surface area contributed by atoms with Gasteiger partial charge in [-0.2, -0.15) is 9.61 Å². The topological polar surface area (TPSA) is 101 Å². The Kier molecular flexibility index (Phi) is 9.35. The fraction of sp³-hybridized carbons (Fsp3) is 0.219.